The molecule has 10 heteroatoms. The lowest BCUT2D eigenvalue weighted by atomic mass is 10.1. The van der Waals surface area contributed by atoms with Crippen LogP contribution < -0.4 is 20.1 Å². The number of piperidine rings is 2. The van der Waals surface area contributed by atoms with Gasteiger partial charge in [0, 0.05) is 50.7 Å². The third-order valence-electron chi connectivity index (χ3n) is 8.47. The number of benzene rings is 1. The summed E-state index contributed by atoms with van der Waals surface area (Å²) in [5.41, 5.74) is 3.03. The summed E-state index contributed by atoms with van der Waals surface area (Å²) in [5, 5.41) is 5.70. The highest BCUT2D eigenvalue weighted by Gasteiger charge is 2.16. The first kappa shape index (κ1) is 34.8. The molecule has 2 aliphatic rings. The standard InChI is InChI=1S/C38H48N6O4/c45-37(41-17-5-11-25-47-35-27-31(15-19-39-35)29-43-21-7-1-8-22-43)33-13-3-4-14-34(33)38(46)42-18-6-12-26-48-36-28-32(16-20-40-36)30-44-23-9-2-10-24-44/h3-6,11-16,19-20,27-28H,1-2,7-10,17-18,21-26,29-30H2,(H,41,45)(H,42,46)/b11-5-,12-6-. The maximum Gasteiger partial charge on any atom is 0.252 e. The molecule has 0 unspecified atom stereocenters. The van der Waals surface area contributed by atoms with Gasteiger partial charge >= 0.3 is 0 Å². The van der Waals surface area contributed by atoms with E-state index >= 15 is 0 Å². The van der Waals surface area contributed by atoms with E-state index < -0.39 is 0 Å². The number of amides is 2. The maximum atomic E-state index is 12.9. The molecule has 0 spiro atoms. The molecular weight excluding hydrogens is 604 g/mol. The molecule has 2 aromatic heterocycles. The fourth-order valence-corrected chi connectivity index (χ4v) is 5.95. The van der Waals surface area contributed by atoms with Crippen LogP contribution in [-0.2, 0) is 13.1 Å². The number of nitrogens with one attached hydrogen (secondary N) is 2. The zero-order valence-corrected chi connectivity index (χ0v) is 27.8. The topological polar surface area (TPSA) is 109 Å². The van der Waals surface area contributed by atoms with Crippen LogP contribution >= 0.6 is 0 Å². The van der Waals surface area contributed by atoms with Crippen LogP contribution in [0.5, 0.6) is 11.8 Å². The fraction of sp³-hybridized carbons (Fsp3) is 0.421. The average molecular weight is 653 g/mol. The molecule has 48 heavy (non-hydrogen) atoms. The third-order valence-corrected chi connectivity index (χ3v) is 8.47. The van der Waals surface area contributed by atoms with Crippen LogP contribution in [0.25, 0.3) is 0 Å². The monoisotopic (exact) mass is 652 g/mol. The van der Waals surface area contributed by atoms with E-state index in [-0.39, 0.29) is 11.8 Å². The van der Waals surface area contributed by atoms with Crippen molar-refractivity contribution < 1.29 is 19.1 Å². The molecule has 0 atom stereocenters. The Morgan fingerprint density at radius 3 is 1.50 bits per heavy atom. The van der Waals surface area contributed by atoms with E-state index in [9.17, 15) is 9.59 Å². The number of hydrogen-bond acceptors (Lipinski definition) is 8. The molecule has 10 nitrogen and oxygen atoms in total. The second-order valence-corrected chi connectivity index (χ2v) is 12.2. The minimum absolute atomic E-state index is 0.305. The van der Waals surface area contributed by atoms with Gasteiger partial charge in [-0.1, -0.05) is 37.1 Å². The van der Waals surface area contributed by atoms with Crippen molar-refractivity contribution in [3.8, 4) is 11.8 Å². The van der Waals surface area contributed by atoms with Crippen LogP contribution in [0.1, 0.15) is 70.4 Å². The van der Waals surface area contributed by atoms with Gasteiger partial charge in [0.05, 0.1) is 11.1 Å². The van der Waals surface area contributed by atoms with Gasteiger partial charge in [0.15, 0.2) is 0 Å². The highest BCUT2D eigenvalue weighted by molar-refractivity contribution is 6.07. The molecule has 4 heterocycles. The molecule has 2 fully saturated rings. The van der Waals surface area contributed by atoms with E-state index in [4.69, 9.17) is 9.47 Å². The predicted molar refractivity (Wildman–Crippen MR) is 187 cm³/mol. The summed E-state index contributed by atoms with van der Waals surface area (Å²) in [7, 11) is 0. The summed E-state index contributed by atoms with van der Waals surface area (Å²) in [6.07, 6.45) is 18.6. The molecule has 2 saturated heterocycles. The van der Waals surface area contributed by atoms with Crippen molar-refractivity contribution in [2.45, 2.75) is 51.6 Å². The number of pyridine rings is 2. The molecule has 0 radical (unpaired) electrons. The minimum atomic E-state index is -0.322. The van der Waals surface area contributed by atoms with Crippen molar-refractivity contribution in [3.63, 3.8) is 0 Å². The normalized spacial score (nSPS) is 15.8. The predicted octanol–water partition coefficient (Wildman–Crippen LogP) is 5.18. The quantitative estimate of drug-likeness (QED) is 0.204. The van der Waals surface area contributed by atoms with Gasteiger partial charge in [-0.3, -0.25) is 19.4 Å². The molecule has 1 aromatic carbocycles. The SMILES string of the molecule is O=C(NC/C=C\COc1cc(CN2CCCCC2)ccn1)c1ccccc1C(=O)NC/C=C\COc1cc(CN2CCCCC2)ccn1. The summed E-state index contributed by atoms with van der Waals surface area (Å²) in [5.74, 6) is 0.534. The Kier molecular flexibility index (Phi) is 14.0. The first-order valence-corrected chi connectivity index (χ1v) is 17.2. The van der Waals surface area contributed by atoms with Crippen LogP contribution in [0.15, 0.2) is 85.2 Å². The van der Waals surface area contributed by atoms with Crippen molar-refractivity contribution in [2.75, 3.05) is 52.5 Å². The zero-order chi connectivity index (χ0) is 33.2. The Hall–Kier alpha value is -4.54. The summed E-state index contributed by atoms with van der Waals surface area (Å²) in [4.78, 5) is 39.4. The summed E-state index contributed by atoms with van der Waals surface area (Å²) >= 11 is 0. The Morgan fingerprint density at radius 1 is 0.625 bits per heavy atom. The van der Waals surface area contributed by atoms with Gasteiger partial charge in [-0.05, 0) is 99.4 Å². The van der Waals surface area contributed by atoms with Crippen molar-refractivity contribution in [3.05, 3.63) is 107 Å². The summed E-state index contributed by atoms with van der Waals surface area (Å²) in [6.45, 7) is 7.69. The number of hydrogen-bond donors (Lipinski definition) is 2. The number of nitrogens with zero attached hydrogens (tertiary/aromatic N) is 4. The largest absolute Gasteiger partial charge is 0.473 e. The third kappa shape index (κ3) is 11.6. The Morgan fingerprint density at radius 2 is 1.06 bits per heavy atom. The number of carbonyl (C=O) groups excluding carboxylic acids is 2. The molecule has 0 saturated carbocycles. The van der Waals surface area contributed by atoms with E-state index in [1.165, 1.54) is 49.7 Å². The first-order valence-electron chi connectivity index (χ1n) is 17.2. The molecule has 0 aliphatic carbocycles. The molecular formula is C38H48N6O4. The van der Waals surface area contributed by atoms with Gasteiger partial charge < -0.3 is 20.1 Å². The van der Waals surface area contributed by atoms with E-state index in [0.717, 1.165) is 39.3 Å². The van der Waals surface area contributed by atoms with Gasteiger partial charge in [-0.2, -0.15) is 0 Å². The molecule has 2 aliphatic heterocycles. The average Bonchev–Trinajstić information content (AvgIpc) is 3.12. The van der Waals surface area contributed by atoms with Crippen LogP contribution in [0.4, 0.5) is 0 Å². The number of aromatic nitrogens is 2. The number of likely N-dealkylation sites (tertiary alicyclic amines) is 2. The van der Waals surface area contributed by atoms with Gasteiger partial charge in [0.1, 0.15) is 13.2 Å². The van der Waals surface area contributed by atoms with E-state index in [1.54, 1.807) is 36.7 Å². The maximum absolute atomic E-state index is 12.9. The minimum Gasteiger partial charge on any atom is -0.473 e. The van der Waals surface area contributed by atoms with Gasteiger partial charge in [-0.15, -0.1) is 0 Å². The first-order chi connectivity index (χ1) is 23.6. The Balaban J connectivity index is 0.991. The Labute approximate surface area is 284 Å². The molecule has 2 amide bonds. The summed E-state index contributed by atoms with van der Waals surface area (Å²) in [6, 6.07) is 14.8. The molecule has 3 aromatic rings. The summed E-state index contributed by atoms with van der Waals surface area (Å²) < 4.78 is 11.6. The van der Waals surface area contributed by atoms with Crippen molar-refractivity contribution in [2.24, 2.45) is 0 Å². The zero-order valence-electron chi connectivity index (χ0n) is 27.8. The van der Waals surface area contributed by atoms with Crippen LogP contribution in [0.3, 0.4) is 0 Å². The van der Waals surface area contributed by atoms with Gasteiger partial charge in [0.25, 0.3) is 11.8 Å². The van der Waals surface area contributed by atoms with Crippen molar-refractivity contribution in [1.82, 2.24) is 30.4 Å². The van der Waals surface area contributed by atoms with Crippen LogP contribution in [0.2, 0.25) is 0 Å². The lowest BCUT2D eigenvalue weighted by Crippen LogP contribution is -2.29. The lowest BCUT2D eigenvalue weighted by Gasteiger charge is -2.26. The van der Waals surface area contributed by atoms with Crippen LogP contribution in [0, 0.1) is 0 Å². The van der Waals surface area contributed by atoms with Crippen molar-refractivity contribution >= 4 is 11.8 Å². The second-order valence-electron chi connectivity index (χ2n) is 12.2. The Bertz CT molecular complexity index is 1400. The molecule has 254 valence electrons. The number of rotatable bonds is 16. The van der Waals surface area contributed by atoms with E-state index in [0.29, 0.717) is 49.2 Å². The van der Waals surface area contributed by atoms with E-state index in [1.807, 2.05) is 48.6 Å². The van der Waals surface area contributed by atoms with Crippen molar-refractivity contribution in [1.29, 1.82) is 0 Å². The highest BCUT2D eigenvalue weighted by Crippen LogP contribution is 2.17. The second kappa shape index (κ2) is 19.3. The number of carbonyl (C=O) groups is 2. The van der Waals surface area contributed by atoms with Crippen LogP contribution in [-0.4, -0.2) is 84.1 Å². The molecule has 0 bridgehead atoms. The highest BCUT2D eigenvalue weighted by atomic mass is 16.5. The molecule has 2 N–H and O–H groups in total. The van der Waals surface area contributed by atoms with E-state index in [2.05, 4.69) is 30.4 Å². The smallest absolute Gasteiger partial charge is 0.252 e. The number of ether oxygens (including phenoxy) is 2. The fourth-order valence-electron chi connectivity index (χ4n) is 5.95. The van der Waals surface area contributed by atoms with Gasteiger partial charge in [0.2, 0.25) is 11.8 Å². The molecule has 5 rings (SSSR count). The van der Waals surface area contributed by atoms with Gasteiger partial charge in [-0.25, -0.2) is 9.97 Å². The lowest BCUT2D eigenvalue weighted by molar-refractivity contribution is 0.0924.